The summed E-state index contributed by atoms with van der Waals surface area (Å²) in [7, 11) is 0. The first kappa shape index (κ1) is 11.5. The Bertz CT molecular complexity index is 337. The molecule has 1 aromatic carbocycles. The lowest BCUT2D eigenvalue weighted by Crippen LogP contribution is -2.24. The predicted molar refractivity (Wildman–Crippen MR) is 56.1 cm³/mol. The van der Waals surface area contributed by atoms with Crippen molar-refractivity contribution < 1.29 is 13.2 Å². The first-order chi connectivity index (χ1) is 7.36. The second-order valence-electron chi connectivity index (χ2n) is 4.65. The van der Waals surface area contributed by atoms with Crippen molar-refractivity contribution in [2.45, 2.75) is 37.4 Å². The van der Waals surface area contributed by atoms with Crippen molar-refractivity contribution in [1.82, 2.24) is 0 Å². The first-order valence-corrected chi connectivity index (χ1v) is 5.30. The fourth-order valence-corrected chi connectivity index (χ4v) is 1.75. The molecule has 0 heterocycles. The summed E-state index contributed by atoms with van der Waals surface area (Å²) in [6, 6.07) is 6.56. The molecule has 2 rings (SSSR count). The monoisotopic (exact) mass is 229 g/mol. The number of nitrogens with two attached hydrogens (primary N) is 1. The van der Waals surface area contributed by atoms with Crippen molar-refractivity contribution in [1.29, 1.82) is 0 Å². The van der Waals surface area contributed by atoms with Gasteiger partial charge in [0.1, 0.15) is 0 Å². The molecule has 0 radical (unpaired) electrons. The van der Waals surface area contributed by atoms with Crippen LogP contribution < -0.4 is 5.73 Å². The van der Waals surface area contributed by atoms with Crippen molar-refractivity contribution in [2.75, 3.05) is 0 Å². The zero-order chi connectivity index (χ0) is 11.8. The Hall–Kier alpha value is -1.03. The van der Waals surface area contributed by atoms with Crippen LogP contribution in [0.5, 0.6) is 0 Å². The van der Waals surface area contributed by atoms with Crippen LogP contribution >= 0.6 is 0 Å². The molecule has 0 bridgehead atoms. The molecule has 88 valence electrons. The van der Waals surface area contributed by atoms with E-state index in [1.807, 2.05) is 0 Å². The highest BCUT2D eigenvalue weighted by molar-refractivity contribution is 5.26. The van der Waals surface area contributed by atoms with Gasteiger partial charge in [0.15, 0.2) is 0 Å². The molecule has 0 aliphatic heterocycles. The van der Waals surface area contributed by atoms with Crippen molar-refractivity contribution in [3.05, 3.63) is 35.4 Å². The minimum Gasteiger partial charge on any atom is -0.325 e. The normalized spacial score (nSPS) is 18.5. The van der Waals surface area contributed by atoms with E-state index in [-0.39, 0.29) is 5.54 Å². The molecule has 0 atom stereocenters. The highest BCUT2D eigenvalue weighted by atomic mass is 19.4. The largest absolute Gasteiger partial charge is 0.393 e. The van der Waals surface area contributed by atoms with Crippen LogP contribution in [0.4, 0.5) is 13.2 Å². The molecule has 0 aromatic heterocycles. The number of hydrogen-bond donors (Lipinski definition) is 1. The van der Waals surface area contributed by atoms with Crippen LogP contribution in [0.15, 0.2) is 24.3 Å². The summed E-state index contributed by atoms with van der Waals surface area (Å²) in [5.74, 6) is 0. The molecular formula is C12H14F3N. The Morgan fingerprint density at radius 1 is 1.06 bits per heavy atom. The van der Waals surface area contributed by atoms with Crippen molar-refractivity contribution in [2.24, 2.45) is 5.73 Å². The van der Waals surface area contributed by atoms with E-state index in [2.05, 4.69) is 0 Å². The van der Waals surface area contributed by atoms with E-state index in [0.29, 0.717) is 5.56 Å². The van der Waals surface area contributed by atoms with Crippen LogP contribution in [0.1, 0.15) is 24.0 Å². The molecule has 1 aromatic rings. The average Bonchev–Trinajstić information content (AvgIpc) is 2.85. The van der Waals surface area contributed by atoms with Crippen LogP contribution in [-0.2, 0) is 12.8 Å². The number of hydrogen-bond acceptors (Lipinski definition) is 1. The minimum atomic E-state index is -4.13. The lowest BCUT2D eigenvalue weighted by molar-refractivity contribution is -0.127. The number of benzene rings is 1. The molecule has 0 amide bonds. The molecule has 0 unspecified atom stereocenters. The molecule has 1 nitrogen and oxygen atoms in total. The molecule has 1 aliphatic rings. The van der Waals surface area contributed by atoms with Gasteiger partial charge in [0.05, 0.1) is 6.42 Å². The minimum absolute atomic E-state index is 0.0917. The Labute approximate surface area is 92.5 Å². The highest BCUT2D eigenvalue weighted by Crippen LogP contribution is 2.35. The van der Waals surface area contributed by atoms with E-state index in [0.717, 1.165) is 24.8 Å². The summed E-state index contributed by atoms with van der Waals surface area (Å²) in [5, 5.41) is 0. The lowest BCUT2D eigenvalue weighted by atomic mass is 10.0. The SMILES string of the molecule is NC1(Cc2ccc(CC(F)(F)F)cc2)CC1. The van der Waals surface area contributed by atoms with Gasteiger partial charge in [-0.15, -0.1) is 0 Å². The summed E-state index contributed by atoms with van der Waals surface area (Å²) >= 11 is 0. The van der Waals surface area contributed by atoms with Crippen LogP contribution in [0, 0.1) is 0 Å². The quantitative estimate of drug-likeness (QED) is 0.847. The molecule has 1 saturated carbocycles. The van der Waals surface area contributed by atoms with Crippen LogP contribution in [0.2, 0.25) is 0 Å². The van der Waals surface area contributed by atoms with E-state index in [1.54, 1.807) is 12.1 Å². The van der Waals surface area contributed by atoms with Gasteiger partial charge in [-0.3, -0.25) is 0 Å². The van der Waals surface area contributed by atoms with Crippen molar-refractivity contribution in [3.8, 4) is 0 Å². The van der Waals surface area contributed by atoms with Crippen molar-refractivity contribution in [3.63, 3.8) is 0 Å². The Morgan fingerprint density at radius 2 is 1.56 bits per heavy atom. The Balaban J connectivity index is 1.99. The van der Waals surface area contributed by atoms with Crippen LogP contribution in [-0.4, -0.2) is 11.7 Å². The van der Waals surface area contributed by atoms with Gasteiger partial charge in [0.2, 0.25) is 0 Å². The predicted octanol–water partition coefficient (Wildman–Crippen LogP) is 2.83. The molecule has 0 spiro atoms. The van der Waals surface area contributed by atoms with E-state index in [9.17, 15) is 13.2 Å². The van der Waals surface area contributed by atoms with E-state index in [4.69, 9.17) is 5.73 Å². The molecule has 1 fully saturated rings. The molecule has 1 aliphatic carbocycles. The standard InChI is InChI=1S/C12H14F3N/c13-12(14,15)8-10-3-1-9(2-4-10)7-11(16)5-6-11/h1-4H,5-8,16H2. The van der Waals surface area contributed by atoms with E-state index < -0.39 is 12.6 Å². The molecule has 0 saturated heterocycles. The zero-order valence-electron chi connectivity index (χ0n) is 8.85. The lowest BCUT2D eigenvalue weighted by Gasteiger charge is -2.10. The Morgan fingerprint density at radius 3 is 2.00 bits per heavy atom. The summed E-state index contributed by atoms with van der Waals surface area (Å²) in [4.78, 5) is 0. The van der Waals surface area contributed by atoms with E-state index in [1.165, 1.54) is 12.1 Å². The third-order valence-electron chi connectivity index (χ3n) is 2.88. The zero-order valence-corrected chi connectivity index (χ0v) is 8.85. The van der Waals surface area contributed by atoms with E-state index >= 15 is 0 Å². The second-order valence-corrected chi connectivity index (χ2v) is 4.65. The van der Waals surface area contributed by atoms with Gasteiger partial charge in [-0.05, 0) is 30.4 Å². The summed E-state index contributed by atoms with van der Waals surface area (Å²) in [6.07, 6.45) is -2.21. The second kappa shape index (κ2) is 3.77. The summed E-state index contributed by atoms with van der Waals surface area (Å²) in [5.41, 5.74) is 7.17. The van der Waals surface area contributed by atoms with Gasteiger partial charge in [-0.25, -0.2) is 0 Å². The summed E-state index contributed by atoms with van der Waals surface area (Å²) < 4.78 is 36.3. The van der Waals surface area contributed by atoms with Gasteiger partial charge >= 0.3 is 6.18 Å². The fourth-order valence-electron chi connectivity index (χ4n) is 1.75. The van der Waals surface area contributed by atoms with Crippen LogP contribution in [0.3, 0.4) is 0 Å². The number of halogens is 3. The first-order valence-electron chi connectivity index (χ1n) is 5.30. The van der Waals surface area contributed by atoms with Gasteiger partial charge in [0.25, 0.3) is 0 Å². The summed E-state index contributed by atoms with van der Waals surface area (Å²) in [6.45, 7) is 0. The average molecular weight is 229 g/mol. The van der Waals surface area contributed by atoms with Gasteiger partial charge in [-0.1, -0.05) is 24.3 Å². The number of rotatable bonds is 3. The van der Waals surface area contributed by atoms with Gasteiger partial charge in [0, 0.05) is 5.54 Å². The van der Waals surface area contributed by atoms with Gasteiger partial charge < -0.3 is 5.73 Å². The smallest absolute Gasteiger partial charge is 0.325 e. The third kappa shape index (κ3) is 3.23. The maximum Gasteiger partial charge on any atom is 0.393 e. The third-order valence-corrected chi connectivity index (χ3v) is 2.88. The molecular weight excluding hydrogens is 215 g/mol. The molecule has 16 heavy (non-hydrogen) atoms. The maximum atomic E-state index is 12.1. The van der Waals surface area contributed by atoms with Crippen molar-refractivity contribution >= 4 is 0 Å². The maximum absolute atomic E-state index is 12.1. The topological polar surface area (TPSA) is 26.0 Å². The highest BCUT2D eigenvalue weighted by Gasteiger charge is 2.37. The number of alkyl halides is 3. The van der Waals surface area contributed by atoms with Gasteiger partial charge in [-0.2, -0.15) is 13.2 Å². The molecule has 2 N–H and O–H groups in total. The Kier molecular flexibility index (Phi) is 2.70. The molecule has 4 heteroatoms. The fraction of sp³-hybridized carbons (Fsp3) is 0.500. The van der Waals surface area contributed by atoms with Crippen LogP contribution in [0.25, 0.3) is 0 Å².